The lowest BCUT2D eigenvalue weighted by molar-refractivity contribution is 0.708. The van der Waals surface area contributed by atoms with E-state index in [1.165, 1.54) is 0 Å². The molecule has 1 rings (SSSR count). The predicted molar refractivity (Wildman–Crippen MR) is 64.1 cm³/mol. The third kappa shape index (κ3) is 2.65. The van der Waals surface area contributed by atoms with E-state index in [-0.39, 0.29) is 5.56 Å². The number of hydrogen-bond acceptors (Lipinski definition) is 3. The molecule has 1 heterocycles. The molecule has 4 nitrogen and oxygen atoms in total. The van der Waals surface area contributed by atoms with Crippen LogP contribution in [-0.4, -0.2) is 16.1 Å². The van der Waals surface area contributed by atoms with Crippen molar-refractivity contribution in [2.45, 2.75) is 13.5 Å². The van der Waals surface area contributed by atoms with Crippen LogP contribution in [0.3, 0.4) is 0 Å². The molecule has 0 bridgehead atoms. The van der Waals surface area contributed by atoms with Crippen molar-refractivity contribution in [2.75, 3.05) is 6.54 Å². The van der Waals surface area contributed by atoms with E-state index < -0.39 is 0 Å². The van der Waals surface area contributed by atoms with Gasteiger partial charge in [0.2, 0.25) is 0 Å². The standard InChI is InChI=1S/C9H12IN3O/c1-7-12-6-8(10)9(14)13(7)5-3-2-4-11/h2-3,6H,4-5,11H2,1H3. The Labute approximate surface area is 96.0 Å². The van der Waals surface area contributed by atoms with Gasteiger partial charge in [-0.1, -0.05) is 12.2 Å². The van der Waals surface area contributed by atoms with Crippen LogP contribution in [0, 0.1) is 10.5 Å². The number of aryl methyl sites for hydroxylation is 1. The van der Waals surface area contributed by atoms with Gasteiger partial charge in [-0.15, -0.1) is 0 Å². The number of aromatic nitrogens is 2. The van der Waals surface area contributed by atoms with Gasteiger partial charge in [-0.3, -0.25) is 9.36 Å². The minimum atomic E-state index is -0.000212. The van der Waals surface area contributed by atoms with Gasteiger partial charge in [0.1, 0.15) is 5.82 Å². The Hall–Kier alpha value is -0.690. The van der Waals surface area contributed by atoms with Crippen LogP contribution in [0.2, 0.25) is 0 Å². The first kappa shape index (κ1) is 11.4. The Morgan fingerprint density at radius 1 is 1.64 bits per heavy atom. The minimum Gasteiger partial charge on any atom is -0.327 e. The number of allylic oxidation sites excluding steroid dienone is 1. The molecule has 1 aromatic heterocycles. The maximum atomic E-state index is 11.6. The first-order chi connectivity index (χ1) is 6.66. The second-order valence-corrected chi connectivity index (χ2v) is 3.94. The van der Waals surface area contributed by atoms with E-state index in [0.29, 0.717) is 16.7 Å². The number of hydrogen-bond donors (Lipinski definition) is 1. The van der Waals surface area contributed by atoms with E-state index in [1.54, 1.807) is 10.8 Å². The second kappa shape index (κ2) is 5.26. The van der Waals surface area contributed by atoms with E-state index in [2.05, 4.69) is 4.98 Å². The summed E-state index contributed by atoms with van der Waals surface area (Å²) in [6.45, 7) is 2.84. The van der Waals surface area contributed by atoms with Crippen LogP contribution in [0.15, 0.2) is 23.1 Å². The summed E-state index contributed by atoms with van der Waals surface area (Å²) >= 11 is 1.98. The minimum absolute atomic E-state index is 0.000212. The number of halogens is 1. The summed E-state index contributed by atoms with van der Waals surface area (Å²) in [4.78, 5) is 15.7. The fourth-order valence-electron chi connectivity index (χ4n) is 1.04. The summed E-state index contributed by atoms with van der Waals surface area (Å²) in [5.41, 5.74) is 5.31. The Morgan fingerprint density at radius 2 is 2.36 bits per heavy atom. The van der Waals surface area contributed by atoms with Gasteiger partial charge in [-0.05, 0) is 29.5 Å². The molecule has 0 saturated heterocycles. The SMILES string of the molecule is Cc1ncc(I)c(=O)n1CC=CCN. The molecule has 0 aliphatic heterocycles. The lowest BCUT2D eigenvalue weighted by Gasteiger charge is -2.05. The number of nitrogens with zero attached hydrogens (tertiary/aromatic N) is 2. The molecule has 0 fully saturated rings. The van der Waals surface area contributed by atoms with Crippen LogP contribution >= 0.6 is 22.6 Å². The maximum Gasteiger partial charge on any atom is 0.267 e. The summed E-state index contributed by atoms with van der Waals surface area (Å²) in [6, 6.07) is 0. The summed E-state index contributed by atoms with van der Waals surface area (Å²) in [7, 11) is 0. The van der Waals surface area contributed by atoms with E-state index >= 15 is 0 Å². The maximum absolute atomic E-state index is 11.6. The van der Waals surface area contributed by atoms with E-state index in [1.807, 2.05) is 41.7 Å². The molecule has 1 aromatic rings. The molecule has 0 aromatic carbocycles. The van der Waals surface area contributed by atoms with E-state index in [4.69, 9.17) is 5.73 Å². The zero-order valence-electron chi connectivity index (χ0n) is 7.90. The molecule has 0 amide bonds. The zero-order valence-corrected chi connectivity index (χ0v) is 10.1. The van der Waals surface area contributed by atoms with Gasteiger partial charge < -0.3 is 5.73 Å². The highest BCUT2D eigenvalue weighted by Crippen LogP contribution is 1.97. The third-order valence-corrected chi connectivity index (χ3v) is 2.54. The van der Waals surface area contributed by atoms with Gasteiger partial charge in [-0.25, -0.2) is 4.98 Å². The second-order valence-electron chi connectivity index (χ2n) is 2.78. The molecule has 0 aliphatic rings. The van der Waals surface area contributed by atoms with Crippen LogP contribution in [0.1, 0.15) is 5.82 Å². The fourth-order valence-corrected chi connectivity index (χ4v) is 1.47. The van der Waals surface area contributed by atoms with Crippen molar-refractivity contribution in [1.82, 2.24) is 9.55 Å². The largest absolute Gasteiger partial charge is 0.327 e. The molecule has 5 heteroatoms. The van der Waals surface area contributed by atoms with Gasteiger partial charge >= 0.3 is 0 Å². The Bertz CT molecular complexity index is 398. The molecule has 0 saturated carbocycles. The Kier molecular flexibility index (Phi) is 4.27. The normalized spacial score (nSPS) is 11.1. The van der Waals surface area contributed by atoms with Gasteiger partial charge in [0.15, 0.2) is 0 Å². The number of rotatable bonds is 3. The van der Waals surface area contributed by atoms with Gasteiger partial charge in [0.05, 0.1) is 3.57 Å². The molecular formula is C9H12IN3O. The highest BCUT2D eigenvalue weighted by molar-refractivity contribution is 14.1. The Balaban J connectivity index is 3.01. The van der Waals surface area contributed by atoms with E-state index in [0.717, 1.165) is 5.82 Å². The average Bonchev–Trinajstić information content (AvgIpc) is 2.18. The summed E-state index contributed by atoms with van der Waals surface area (Å²) < 4.78 is 2.25. The topological polar surface area (TPSA) is 60.9 Å². The van der Waals surface area contributed by atoms with Crippen molar-refractivity contribution in [1.29, 1.82) is 0 Å². The van der Waals surface area contributed by atoms with E-state index in [9.17, 15) is 4.79 Å². The van der Waals surface area contributed by atoms with Crippen LogP contribution in [0.5, 0.6) is 0 Å². The highest BCUT2D eigenvalue weighted by atomic mass is 127. The van der Waals surface area contributed by atoms with Gasteiger partial charge in [0, 0.05) is 19.3 Å². The van der Waals surface area contributed by atoms with Crippen molar-refractivity contribution in [3.05, 3.63) is 38.1 Å². The molecule has 14 heavy (non-hydrogen) atoms. The van der Waals surface area contributed by atoms with Crippen molar-refractivity contribution >= 4 is 22.6 Å². The lowest BCUT2D eigenvalue weighted by atomic mass is 10.4. The van der Waals surface area contributed by atoms with Gasteiger partial charge in [0.25, 0.3) is 5.56 Å². The average molecular weight is 305 g/mol. The first-order valence-corrected chi connectivity index (χ1v) is 5.31. The molecule has 0 unspecified atom stereocenters. The zero-order chi connectivity index (χ0) is 10.6. The van der Waals surface area contributed by atoms with Crippen LogP contribution in [0.4, 0.5) is 0 Å². The summed E-state index contributed by atoms with van der Waals surface area (Å²) in [5, 5.41) is 0. The monoisotopic (exact) mass is 305 g/mol. The van der Waals surface area contributed by atoms with Crippen molar-refractivity contribution < 1.29 is 0 Å². The molecule has 0 radical (unpaired) electrons. The molecule has 0 aliphatic carbocycles. The molecular weight excluding hydrogens is 293 g/mol. The smallest absolute Gasteiger partial charge is 0.267 e. The Morgan fingerprint density at radius 3 is 3.00 bits per heavy atom. The quantitative estimate of drug-likeness (QED) is 0.659. The first-order valence-electron chi connectivity index (χ1n) is 4.24. The molecule has 0 atom stereocenters. The van der Waals surface area contributed by atoms with Crippen molar-refractivity contribution in [2.24, 2.45) is 5.73 Å². The summed E-state index contributed by atoms with van der Waals surface area (Å²) in [5.74, 6) is 0.720. The lowest BCUT2D eigenvalue weighted by Crippen LogP contribution is -2.25. The summed E-state index contributed by atoms with van der Waals surface area (Å²) in [6.07, 6.45) is 5.28. The molecule has 2 N–H and O–H groups in total. The molecule has 76 valence electrons. The fraction of sp³-hybridized carbons (Fsp3) is 0.333. The van der Waals surface area contributed by atoms with Crippen LogP contribution in [-0.2, 0) is 6.54 Å². The van der Waals surface area contributed by atoms with Crippen molar-refractivity contribution in [3.63, 3.8) is 0 Å². The van der Waals surface area contributed by atoms with Gasteiger partial charge in [-0.2, -0.15) is 0 Å². The predicted octanol–water partition coefficient (Wildman–Crippen LogP) is 0.671. The highest BCUT2D eigenvalue weighted by Gasteiger charge is 2.02. The van der Waals surface area contributed by atoms with Crippen molar-refractivity contribution in [3.8, 4) is 0 Å². The third-order valence-electron chi connectivity index (χ3n) is 1.80. The molecule has 0 spiro atoms. The van der Waals surface area contributed by atoms with Crippen LogP contribution < -0.4 is 11.3 Å². The van der Waals surface area contributed by atoms with Crippen LogP contribution in [0.25, 0.3) is 0 Å². The number of nitrogens with two attached hydrogens (primary N) is 1.